The van der Waals surface area contributed by atoms with Gasteiger partial charge in [-0.05, 0) is 36.1 Å². The molecule has 1 rings (SSSR count). The first-order valence-corrected chi connectivity index (χ1v) is 5.84. The molecule has 0 unspecified atom stereocenters. The molecule has 0 heterocycles. The Bertz CT molecular complexity index is 377. The molecule has 4 heteroatoms. The van der Waals surface area contributed by atoms with Gasteiger partial charge in [-0.25, -0.2) is 5.43 Å². The van der Waals surface area contributed by atoms with Crippen LogP contribution in [-0.4, -0.2) is 20.8 Å². The average Bonchev–Trinajstić information content (AvgIpc) is 2.28. The van der Waals surface area contributed by atoms with E-state index >= 15 is 0 Å². The van der Waals surface area contributed by atoms with Gasteiger partial charge >= 0.3 is 0 Å². The number of rotatable bonds is 5. The first kappa shape index (κ1) is 13.8. The van der Waals surface area contributed by atoms with E-state index in [0.717, 1.165) is 5.75 Å². The normalized spacial score (nSPS) is 10.8. The summed E-state index contributed by atoms with van der Waals surface area (Å²) in [6.07, 6.45) is 0. The number of nitrogens with two attached hydrogens (primary N) is 1. The highest BCUT2D eigenvalue weighted by molar-refractivity contribution is 5.59. The van der Waals surface area contributed by atoms with Gasteiger partial charge in [0.1, 0.15) is 5.75 Å². The van der Waals surface area contributed by atoms with Crippen LogP contribution in [0.1, 0.15) is 30.9 Å². The highest BCUT2D eigenvalue weighted by atomic mass is 16.5. The van der Waals surface area contributed by atoms with Crippen LogP contribution in [-0.2, 0) is 0 Å². The van der Waals surface area contributed by atoms with Gasteiger partial charge in [-0.15, -0.1) is 0 Å². The molecule has 3 N–H and O–H groups in total. The summed E-state index contributed by atoms with van der Waals surface area (Å²) >= 11 is 0. The lowest BCUT2D eigenvalue weighted by Gasteiger charge is -2.23. The van der Waals surface area contributed by atoms with Crippen molar-refractivity contribution in [3.8, 4) is 5.75 Å². The van der Waals surface area contributed by atoms with Crippen LogP contribution in [0.5, 0.6) is 5.75 Å². The number of hydrogen-bond acceptors (Lipinski definition) is 4. The molecule has 0 saturated carbocycles. The topological polar surface area (TPSA) is 50.5 Å². The third-order valence-corrected chi connectivity index (χ3v) is 2.91. The van der Waals surface area contributed by atoms with Gasteiger partial charge in [0.2, 0.25) is 0 Å². The van der Waals surface area contributed by atoms with Crippen LogP contribution in [0.15, 0.2) is 12.1 Å². The van der Waals surface area contributed by atoms with Crippen molar-refractivity contribution in [1.29, 1.82) is 0 Å². The van der Waals surface area contributed by atoms with E-state index in [9.17, 15) is 0 Å². The Labute approximate surface area is 104 Å². The van der Waals surface area contributed by atoms with Crippen molar-refractivity contribution in [1.82, 2.24) is 5.43 Å². The number of anilines is 1. The average molecular weight is 237 g/mol. The van der Waals surface area contributed by atoms with Crippen molar-refractivity contribution >= 4 is 5.69 Å². The van der Waals surface area contributed by atoms with E-state index in [4.69, 9.17) is 10.6 Å². The van der Waals surface area contributed by atoms with Crippen LogP contribution >= 0.6 is 0 Å². The van der Waals surface area contributed by atoms with Gasteiger partial charge in [-0.1, -0.05) is 13.8 Å². The predicted octanol–water partition coefficient (Wildman–Crippen LogP) is 1.98. The summed E-state index contributed by atoms with van der Waals surface area (Å²) in [4.78, 5) is 2.08. The van der Waals surface area contributed by atoms with Crippen LogP contribution in [0, 0.1) is 6.92 Å². The van der Waals surface area contributed by atoms with E-state index in [1.165, 1.54) is 16.8 Å². The molecule has 0 radical (unpaired) electrons. The van der Waals surface area contributed by atoms with E-state index in [-0.39, 0.29) is 0 Å². The van der Waals surface area contributed by atoms with Crippen molar-refractivity contribution in [3.05, 3.63) is 23.3 Å². The van der Waals surface area contributed by atoms with Gasteiger partial charge in [0, 0.05) is 12.7 Å². The van der Waals surface area contributed by atoms with E-state index in [0.29, 0.717) is 12.6 Å². The monoisotopic (exact) mass is 237 g/mol. The second-order valence-electron chi connectivity index (χ2n) is 4.60. The maximum absolute atomic E-state index is 5.42. The second-order valence-corrected chi connectivity index (χ2v) is 4.60. The minimum Gasteiger partial charge on any atom is -0.496 e. The standard InChI is InChI=1S/C13H23N3O/c1-9(2)11-7-12(16(4)8-15-14)10(3)6-13(11)17-5/h6-7,9,15H,8,14H2,1-5H3. The Morgan fingerprint density at radius 1 is 1.41 bits per heavy atom. The minimum absolute atomic E-state index is 0.434. The summed E-state index contributed by atoms with van der Waals surface area (Å²) in [6, 6.07) is 4.26. The van der Waals surface area contributed by atoms with Gasteiger partial charge in [-0.2, -0.15) is 0 Å². The molecule has 1 aromatic carbocycles. The van der Waals surface area contributed by atoms with Gasteiger partial charge in [0.05, 0.1) is 13.8 Å². The number of hydrogen-bond donors (Lipinski definition) is 2. The van der Waals surface area contributed by atoms with Crippen LogP contribution in [0.3, 0.4) is 0 Å². The summed E-state index contributed by atoms with van der Waals surface area (Å²) in [7, 11) is 3.73. The number of nitrogens with zero attached hydrogens (tertiary/aromatic N) is 1. The molecule has 0 aromatic heterocycles. The fraction of sp³-hybridized carbons (Fsp3) is 0.538. The number of nitrogens with one attached hydrogen (secondary N) is 1. The Balaban J connectivity index is 3.19. The SMILES string of the molecule is COc1cc(C)c(N(C)CNN)cc1C(C)C. The van der Waals surface area contributed by atoms with Gasteiger partial charge in [-0.3, -0.25) is 5.84 Å². The maximum Gasteiger partial charge on any atom is 0.122 e. The van der Waals surface area contributed by atoms with E-state index in [1.54, 1.807) is 7.11 Å². The van der Waals surface area contributed by atoms with Crippen LogP contribution in [0.25, 0.3) is 0 Å². The Hall–Kier alpha value is -1.26. The smallest absolute Gasteiger partial charge is 0.122 e. The fourth-order valence-corrected chi connectivity index (χ4v) is 1.95. The van der Waals surface area contributed by atoms with Crippen LogP contribution in [0.2, 0.25) is 0 Å². The number of ether oxygens (including phenoxy) is 1. The van der Waals surface area contributed by atoms with Crippen molar-refractivity contribution in [2.75, 3.05) is 25.7 Å². The Morgan fingerprint density at radius 3 is 2.53 bits per heavy atom. The number of aryl methyl sites for hydroxylation is 1. The molecule has 17 heavy (non-hydrogen) atoms. The van der Waals surface area contributed by atoms with Gasteiger partial charge < -0.3 is 9.64 Å². The lowest BCUT2D eigenvalue weighted by Crippen LogP contribution is -2.35. The van der Waals surface area contributed by atoms with E-state index < -0.39 is 0 Å². The summed E-state index contributed by atoms with van der Waals surface area (Å²) in [5.41, 5.74) is 6.24. The van der Waals surface area contributed by atoms with Crippen molar-refractivity contribution in [2.24, 2.45) is 5.84 Å². The lowest BCUT2D eigenvalue weighted by atomic mass is 9.99. The fourth-order valence-electron chi connectivity index (χ4n) is 1.95. The zero-order valence-electron chi connectivity index (χ0n) is 11.4. The molecule has 0 aliphatic carbocycles. The second kappa shape index (κ2) is 5.89. The number of benzene rings is 1. The summed E-state index contributed by atoms with van der Waals surface area (Å²) in [5.74, 6) is 6.74. The van der Waals surface area contributed by atoms with Crippen LogP contribution < -0.4 is 20.9 Å². The molecule has 0 amide bonds. The third-order valence-electron chi connectivity index (χ3n) is 2.91. The molecule has 0 saturated heterocycles. The first-order valence-electron chi connectivity index (χ1n) is 5.84. The molecule has 4 nitrogen and oxygen atoms in total. The van der Waals surface area contributed by atoms with Gasteiger partial charge in [0.25, 0.3) is 0 Å². The molecule has 0 atom stereocenters. The molecule has 0 spiro atoms. The van der Waals surface area contributed by atoms with E-state index in [2.05, 4.69) is 43.2 Å². The zero-order chi connectivity index (χ0) is 13.0. The third kappa shape index (κ3) is 3.11. The number of methoxy groups -OCH3 is 1. The summed E-state index contributed by atoms with van der Waals surface area (Å²) < 4.78 is 5.42. The maximum atomic E-state index is 5.42. The Kier molecular flexibility index (Phi) is 4.78. The Morgan fingerprint density at radius 2 is 2.06 bits per heavy atom. The number of hydrazine groups is 1. The van der Waals surface area contributed by atoms with E-state index in [1.807, 2.05) is 7.05 Å². The first-order chi connectivity index (χ1) is 8.01. The highest BCUT2D eigenvalue weighted by Gasteiger charge is 2.13. The summed E-state index contributed by atoms with van der Waals surface area (Å²) in [5, 5.41) is 0. The zero-order valence-corrected chi connectivity index (χ0v) is 11.4. The largest absolute Gasteiger partial charge is 0.496 e. The van der Waals surface area contributed by atoms with Gasteiger partial charge in [0.15, 0.2) is 0 Å². The lowest BCUT2D eigenvalue weighted by molar-refractivity contribution is 0.407. The van der Waals surface area contributed by atoms with Crippen molar-refractivity contribution in [2.45, 2.75) is 26.7 Å². The van der Waals surface area contributed by atoms with Crippen LogP contribution in [0.4, 0.5) is 5.69 Å². The molecule has 1 aromatic rings. The molecular weight excluding hydrogens is 214 g/mol. The summed E-state index contributed by atoms with van der Waals surface area (Å²) in [6.45, 7) is 7.02. The molecule has 0 bridgehead atoms. The molecule has 96 valence electrons. The molecule has 0 aliphatic heterocycles. The molecule has 0 fully saturated rings. The quantitative estimate of drug-likeness (QED) is 0.467. The highest BCUT2D eigenvalue weighted by Crippen LogP contribution is 2.33. The minimum atomic E-state index is 0.434. The predicted molar refractivity (Wildman–Crippen MR) is 72.4 cm³/mol. The van der Waals surface area contributed by atoms with Crippen molar-refractivity contribution < 1.29 is 4.74 Å². The van der Waals surface area contributed by atoms with Crippen molar-refractivity contribution in [3.63, 3.8) is 0 Å². The molecular formula is C13H23N3O. The molecule has 0 aliphatic rings.